The number of imidazole rings is 1. The van der Waals surface area contributed by atoms with Crippen LogP contribution in [0.15, 0.2) is 140 Å². The third-order valence-corrected chi connectivity index (χ3v) is 8.26. The number of hydrogen-bond acceptors (Lipinski definition) is 1. The first-order valence-electron chi connectivity index (χ1n) is 13.7. The van der Waals surface area contributed by atoms with Gasteiger partial charge in [0.05, 0.1) is 11.0 Å². The van der Waals surface area contributed by atoms with Crippen molar-refractivity contribution in [2.75, 3.05) is 0 Å². The lowest BCUT2D eigenvalue weighted by molar-refractivity contribution is 1.16. The Kier molecular flexibility index (Phi) is 4.33. The molecule has 40 heavy (non-hydrogen) atoms. The van der Waals surface area contributed by atoms with E-state index < -0.39 is 0 Å². The molecule has 0 atom stereocenters. The number of hydrogen-bond donors (Lipinski definition) is 0. The molecule has 9 aromatic rings. The molecule has 0 aliphatic heterocycles. The van der Waals surface area contributed by atoms with Gasteiger partial charge in [0.25, 0.3) is 0 Å². The van der Waals surface area contributed by atoms with Crippen LogP contribution >= 0.6 is 0 Å². The number of para-hydroxylation sites is 2. The first-order chi connectivity index (χ1) is 19.8. The lowest BCUT2D eigenvalue weighted by atomic mass is 10.0. The molecular formula is C37H23N3. The molecule has 0 amide bonds. The molecule has 0 N–H and O–H groups in total. The summed E-state index contributed by atoms with van der Waals surface area (Å²) in [4.78, 5) is 5.37. The van der Waals surface area contributed by atoms with E-state index in [-0.39, 0.29) is 0 Å². The number of rotatable bonds is 2. The van der Waals surface area contributed by atoms with Crippen LogP contribution in [0, 0.1) is 0 Å². The van der Waals surface area contributed by atoms with E-state index in [0.29, 0.717) is 0 Å². The molecule has 3 nitrogen and oxygen atoms in total. The second kappa shape index (κ2) is 8.05. The molecule has 186 valence electrons. The van der Waals surface area contributed by atoms with Gasteiger partial charge in [-0.15, -0.1) is 0 Å². The molecule has 0 spiro atoms. The van der Waals surface area contributed by atoms with Gasteiger partial charge in [0.2, 0.25) is 0 Å². The molecule has 6 aromatic carbocycles. The highest BCUT2D eigenvalue weighted by Crippen LogP contribution is 2.38. The molecule has 3 heteroatoms. The van der Waals surface area contributed by atoms with Crippen LogP contribution in [0.4, 0.5) is 0 Å². The summed E-state index contributed by atoms with van der Waals surface area (Å²) in [5, 5.41) is 7.27. The maximum absolute atomic E-state index is 5.37. The van der Waals surface area contributed by atoms with E-state index in [2.05, 4.69) is 148 Å². The molecule has 0 saturated carbocycles. The van der Waals surface area contributed by atoms with Crippen molar-refractivity contribution in [2.45, 2.75) is 0 Å². The van der Waals surface area contributed by atoms with E-state index in [9.17, 15) is 0 Å². The maximum atomic E-state index is 5.37. The summed E-state index contributed by atoms with van der Waals surface area (Å²) in [5.41, 5.74) is 9.02. The standard InChI is InChI=1S/C37H23N3/c1-2-10-24(11-3-1)25-18-19-27-23-28(21-20-26(27)22-25)39-34-17-9-7-15-32(34)35-37(39)38-36-31-14-5-4-12-29(31)30-13-6-8-16-33(30)40(35)36/h1-23H. The first-order valence-corrected chi connectivity index (χ1v) is 13.7. The zero-order chi connectivity index (χ0) is 26.2. The van der Waals surface area contributed by atoms with Gasteiger partial charge in [0, 0.05) is 21.8 Å². The normalized spacial score (nSPS) is 12.0. The Bertz CT molecular complexity index is 2430. The van der Waals surface area contributed by atoms with Gasteiger partial charge < -0.3 is 0 Å². The van der Waals surface area contributed by atoms with Gasteiger partial charge in [-0.1, -0.05) is 109 Å². The molecule has 0 aliphatic carbocycles. The molecule has 3 aromatic heterocycles. The van der Waals surface area contributed by atoms with Crippen LogP contribution in [0.25, 0.3) is 77.0 Å². The van der Waals surface area contributed by atoms with Crippen molar-refractivity contribution in [3.8, 4) is 16.8 Å². The first kappa shape index (κ1) is 21.5. The Morgan fingerprint density at radius 1 is 0.425 bits per heavy atom. The Balaban J connectivity index is 1.37. The molecule has 3 heterocycles. The Labute approximate surface area is 230 Å². The fourth-order valence-electron chi connectivity index (χ4n) is 6.46. The number of pyridine rings is 1. The lowest BCUT2D eigenvalue weighted by Gasteiger charge is -2.10. The van der Waals surface area contributed by atoms with Gasteiger partial charge in [-0.25, -0.2) is 4.98 Å². The third-order valence-electron chi connectivity index (χ3n) is 8.26. The minimum atomic E-state index is 0.975. The van der Waals surface area contributed by atoms with E-state index >= 15 is 0 Å². The van der Waals surface area contributed by atoms with Crippen molar-refractivity contribution in [1.82, 2.24) is 14.0 Å². The average molecular weight is 510 g/mol. The highest BCUT2D eigenvalue weighted by atomic mass is 15.1. The van der Waals surface area contributed by atoms with Crippen molar-refractivity contribution in [1.29, 1.82) is 0 Å². The second-order valence-electron chi connectivity index (χ2n) is 10.5. The van der Waals surface area contributed by atoms with E-state index in [0.717, 1.165) is 28.0 Å². The van der Waals surface area contributed by atoms with Crippen molar-refractivity contribution in [3.63, 3.8) is 0 Å². The maximum Gasteiger partial charge on any atom is 0.165 e. The lowest BCUT2D eigenvalue weighted by Crippen LogP contribution is -1.95. The molecule has 0 aliphatic rings. The van der Waals surface area contributed by atoms with Gasteiger partial charge in [0.1, 0.15) is 11.2 Å². The van der Waals surface area contributed by atoms with Crippen molar-refractivity contribution >= 4 is 60.2 Å². The zero-order valence-electron chi connectivity index (χ0n) is 21.6. The van der Waals surface area contributed by atoms with E-state index in [4.69, 9.17) is 4.98 Å². The molecule has 0 radical (unpaired) electrons. The summed E-state index contributed by atoms with van der Waals surface area (Å²) in [6.07, 6.45) is 0. The molecule has 0 unspecified atom stereocenters. The summed E-state index contributed by atoms with van der Waals surface area (Å²) in [6.45, 7) is 0. The Morgan fingerprint density at radius 3 is 1.93 bits per heavy atom. The van der Waals surface area contributed by atoms with E-state index in [1.807, 2.05) is 0 Å². The molecular weight excluding hydrogens is 486 g/mol. The summed E-state index contributed by atoms with van der Waals surface area (Å²) in [6, 6.07) is 50.0. The number of aromatic nitrogens is 3. The molecule has 9 rings (SSSR count). The number of nitrogens with zero attached hydrogens (tertiary/aromatic N) is 3. The van der Waals surface area contributed by atoms with Crippen LogP contribution in [0.1, 0.15) is 0 Å². The number of fused-ring (bicyclic) bond motifs is 11. The summed E-state index contributed by atoms with van der Waals surface area (Å²) in [5.74, 6) is 0. The smallest absolute Gasteiger partial charge is 0.165 e. The molecule has 0 saturated heterocycles. The fraction of sp³-hybridized carbons (Fsp3) is 0. The van der Waals surface area contributed by atoms with Crippen LogP contribution in [-0.4, -0.2) is 14.0 Å². The molecule has 0 fully saturated rings. The summed E-state index contributed by atoms with van der Waals surface area (Å²) in [7, 11) is 0. The highest BCUT2D eigenvalue weighted by Gasteiger charge is 2.21. The van der Waals surface area contributed by atoms with Crippen LogP contribution in [-0.2, 0) is 0 Å². The number of benzene rings is 6. The SMILES string of the molecule is c1ccc(-c2ccc3cc(-n4c5ccccc5c5c4nc4c6ccccc6c6ccccc6n45)ccc3c2)cc1. The minimum Gasteiger partial charge on any atom is -0.293 e. The van der Waals surface area contributed by atoms with E-state index in [1.54, 1.807) is 0 Å². The Morgan fingerprint density at radius 2 is 1.07 bits per heavy atom. The zero-order valence-corrected chi connectivity index (χ0v) is 21.6. The summed E-state index contributed by atoms with van der Waals surface area (Å²) >= 11 is 0. The van der Waals surface area contributed by atoms with Crippen LogP contribution in [0.5, 0.6) is 0 Å². The second-order valence-corrected chi connectivity index (χ2v) is 10.5. The van der Waals surface area contributed by atoms with Crippen LogP contribution in [0.3, 0.4) is 0 Å². The predicted molar refractivity (Wildman–Crippen MR) is 167 cm³/mol. The third kappa shape index (κ3) is 2.92. The summed E-state index contributed by atoms with van der Waals surface area (Å²) < 4.78 is 4.69. The Hall–Kier alpha value is -5.41. The topological polar surface area (TPSA) is 22.2 Å². The largest absolute Gasteiger partial charge is 0.293 e. The fourth-order valence-corrected chi connectivity index (χ4v) is 6.46. The van der Waals surface area contributed by atoms with Gasteiger partial charge >= 0.3 is 0 Å². The van der Waals surface area contributed by atoms with Gasteiger partial charge in [-0.2, -0.15) is 0 Å². The monoisotopic (exact) mass is 509 g/mol. The predicted octanol–water partition coefficient (Wildman–Crippen LogP) is 9.56. The van der Waals surface area contributed by atoms with Crippen molar-refractivity contribution < 1.29 is 0 Å². The quantitative estimate of drug-likeness (QED) is 0.213. The van der Waals surface area contributed by atoms with Crippen LogP contribution in [0.2, 0.25) is 0 Å². The van der Waals surface area contributed by atoms with Crippen LogP contribution < -0.4 is 0 Å². The van der Waals surface area contributed by atoms with Crippen molar-refractivity contribution in [3.05, 3.63) is 140 Å². The average Bonchev–Trinajstić information content (AvgIpc) is 3.56. The van der Waals surface area contributed by atoms with Crippen molar-refractivity contribution in [2.24, 2.45) is 0 Å². The van der Waals surface area contributed by atoms with E-state index in [1.165, 1.54) is 49.0 Å². The van der Waals surface area contributed by atoms with Gasteiger partial charge in [0.15, 0.2) is 5.65 Å². The highest BCUT2D eigenvalue weighted by molar-refractivity contribution is 6.17. The van der Waals surface area contributed by atoms with Gasteiger partial charge in [-0.3, -0.25) is 8.97 Å². The van der Waals surface area contributed by atoms with Gasteiger partial charge in [-0.05, 0) is 57.6 Å². The minimum absolute atomic E-state index is 0.975. The molecule has 0 bridgehead atoms.